The zero-order chi connectivity index (χ0) is 21.4. The van der Waals surface area contributed by atoms with Gasteiger partial charge in [0.1, 0.15) is 5.75 Å². The summed E-state index contributed by atoms with van der Waals surface area (Å²) in [5.74, 6) is 0.651. The van der Waals surface area contributed by atoms with E-state index in [1.54, 1.807) is 0 Å². The molecule has 0 unspecified atom stereocenters. The minimum Gasteiger partial charge on any atom is -0.493 e. The lowest BCUT2D eigenvalue weighted by Gasteiger charge is -2.26. The number of hydrogen-bond acceptors (Lipinski definition) is 4. The summed E-state index contributed by atoms with van der Waals surface area (Å²) in [7, 11) is 0. The maximum absolute atomic E-state index is 13.3. The van der Waals surface area contributed by atoms with Crippen LogP contribution in [0.25, 0.3) is 16.9 Å². The molecule has 6 nitrogen and oxygen atoms in total. The Bertz CT molecular complexity index is 1120. The normalized spacial score (nSPS) is 16.1. The molecule has 160 valence electrons. The van der Waals surface area contributed by atoms with Crippen LogP contribution in [0.4, 0.5) is 0 Å². The van der Waals surface area contributed by atoms with E-state index in [0.717, 1.165) is 59.8 Å². The molecule has 3 aromatic rings. The summed E-state index contributed by atoms with van der Waals surface area (Å²) in [6, 6.07) is 13.7. The first-order chi connectivity index (χ1) is 15.1. The van der Waals surface area contributed by atoms with Crippen LogP contribution in [-0.4, -0.2) is 40.4 Å². The van der Waals surface area contributed by atoms with Gasteiger partial charge in [0.25, 0.3) is 5.91 Å². The molecule has 7 heteroatoms. The van der Waals surface area contributed by atoms with Crippen molar-refractivity contribution in [2.24, 2.45) is 0 Å². The number of aromatic nitrogens is 2. The van der Waals surface area contributed by atoms with Crippen molar-refractivity contribution in [3.05, 3.63) is 64.3 Å². The Kier molecular flexibility index (Phi) is 5.42. The maximum atomic E-state index is 13.3. The predicted octanol–water partition coefficient (Wildman–Crippen LogP) is 4.57. The van der Waals surface area contributed by atoms with E-state index >= 15 is 0 Å². The first-order valence-electron chi connectivity index (χ1n) is 10.8. The third-order valence-electron chi connectivity index (χ3n) is 5.89. The van der Waals surface area contributed by atoms with Crippen molar-refractivity contribution in [3.8, 4) is 22.7 Å². The lowest BCUT2D eigenvalue weighted by Crippen LogP contribution is -2.45. The molecule has 1 saturated heterocycles. The van der Waals surface area contributed by atoms with E-state index in [0.29, 0.717) is 23.7 Å². The summed E-state index contributed by atoms with van der Waals surface area (Å²) in [5, 5.41) is 7.46. The van der Waals surface area contributed by atoms with E-state index in [4.69, 9.17) is 21.4 Å². The van der Waals surface area contributed by atoms with Gasteiger partial charge in [-0.1, -0.05) is 24.1 Å². The molecule has 1 aromatic heterocycles. The Labute approximate surface area is 186 Å². The van der Waals surface area contributed by atoms with Gasteiger partial charge in [0.05, 0.1) is 18.0 Å². The largest absolute Gasteiger partial charge is 0.493 e. The van der Waals surface area contributed by atoms with Crippen molar-refractivity contribution in [3.63, 3.8) is 0 Å². The molecule has 2 aromatic carbocycles. The number of piperidine rings is 1. The van der Waals surface area contributed by atoms with Crippen molar-refractivity contribution in [1.82, 2.24) is 20.2 Å². The van der Waals surface area contributed by atoms with Gasteiger partial charge in [0, 0.05) is 35.7 Å². The lowest BCUT2D eigenvalue weighted by molar-refractivity contribution is 0.0743. The number of halogens is 1. The average Bonchev–Trinajstić information content (AvgIpc) is 3.04. The van der Waals surface area contributed by atoms with Crippen molar-refractivity contribution in [2.45, 2.75) is 32.6 Å². The summed E-state index contributed by atoms with van der Waals surface area (Å²) < 4.78 is 7.91. The molecule has 2 aliphatic heterocycles. The second-order valence-electron chi connectivity index (χ2n) is 8.15. The van der Waals surface area contributed by atoms with E-state index in [9.17, 15) is 4.79 Å². The number of benzene rings is 2. The van der Waals surface area contributed by atoms with E-state index in [-0.39, 0.29) is 5.91 Å². The highest BCUT2D eigenvalue weighted by Gasteiger charge is 2.29. The second-order valence-corrected chi connectivity index (χ2v) is 8.59. The smallest absolute Gasteiger partial charge is 0.286 e. The van der Waals surface area contributed by atoms with Crippen LogP contribution in [0.2, 0.25) is 5.02 Å². The molecule has 0 spiro atoms. The van der Waals surface area contributed by atoms with Gasteiger partial charge in [0.2, 0.25) is 0 Å². The van der Waals surface area contributed by atoms with Crippen LogP contribution in [0.1, 0.15) is 40.9 Å². The van der Waals surface area contributed by atoms with E-state index < -0.39 is 0 Å². The number of nitrogens with zero attached hydrogens (tertiary/aromatic N) is 3. The van der Waals surface area contributed by atoms with Crippen LogP contribution in [0.5, 0.6) is 5.75 Å². The number of hydrazine groups is 1. The SMILES string of the molecule is Cc1ccc2c(c1)OCCc1c(C(=O)NN3CCCCC3)nn(-c3ccc(Cl)cc3)c1-2. The van der Waals surface area contributed by atoms with Gasteiger partial charge in [-0.3, -0.25) is 10.2 Å². The van der Waals surface area contributed by atoms with Crippen LogP contribution < -0.4 is 10.2 Å². The van der Waals surface area contributed by atoms with Crippen molar-refractivity contribution in [2.75, 3.05) is 19.7 Å². The van der Waals surface area contributed by atoms with Crippen LogP contribution in [0.15, 0.2) is 42.5 Å². The lowest BCUT2D eigenvalue weighted by atomic mass is 10.0. The zero-order valence-corrected chi connectivity index (χ0v) is 18.3. The molecule has 0 radical (unpaired) electrons. The monoisotopic (exact) mass is 436 g/mol. The van der Waals surface area contributed by atoms with Crippen LogP contribution in [0, 0.1) is 6.92 Å². The predicted molar refractivity (Wildman–Crippen MR) is 121 cm³/mol. The molecule has 2 aliphatic rings. The quantitative estimate of drug-likeness (QED) is 0.653. The van der Waals surface area contributed by atoms with Crippen LogP contribution in [0.3, 0.4) is 0 Å². The van der Waals surface area contributed by atoms with Crippen molar-refractivity contribution < 1.29 is 9.53 Å². The number of ether oxygens (including phenoxy) is 1. The molecule has 0 saturated carbocycles. The topological polar surface area (TPSA) is 59.4 Å². The van der Waals surface area contributed by atoms with E-state index in [1.807, 2.05) is 46.9 Å². The van der Waals surface area contributed by atoms with Gasteiger partial charge in [-0.25, -0.2) is 9.69 Å². The summed E-state index contributed by atoms with van der Waals surface area (Å²) >= 11 is 6.11. The van der Waals surface area contributed by atoms with Crippen LogP contribution in [-0.2, 0) is 6.42 Å². The number of hydrogen-bond donors (Lipinski definition) is 1. The Balaban J connectivity index is 1.63. The number of rotatable bonds is 3. The summed E-state index contributed by atoms with van der Waals surface area (Å²) in [5.41, 5.74) is 8.25. The fraction of sp³-hybridized carbons (Fsp3) is 0.333. The molecule has 0 atom stereocenters. The van der Waals surface area contributed by atoms with E-state index in [2.05, 4.69) is 17.6 Å². The number of amides is 1. The average molecular weight is 437 g/mol. The minimum absolute atomic E-state index is 0.165. The van der Waals surface area contributed by atoms with Gasteiger partial charge >= 0.3 is 0 Å². The highest BCUT2D eigenvalue weighted by molar-refractivity contribution is 6.30. The third-order valence-corrected chi connectivity index (χ3v) is 6.14. The molecular formula is C24H25ClN4O2. The fourth-order valence-corrected chi connectivity index (χ4v) is 4.45. The first kappa shape index (κ1) is 20.1. The highest BCUT2D eigenvalue weighted by atomic mass is 35.5. The number of nitrogens with one attached hydrogen (secondary N) is 1. The molecule has 1 amide bonds. The van der Waals surface area contributed by atoms with Gasteiger partial charge in [-0.15, -0.1) is 0 Å². The molecule has 31 heavy (non-hydrogen) atoms. The van der Waals surface area contributed by atoms with Gasteiger partial charge < -0.3 is 4.74 Å². The molecule has 0 bridgehead atoms. The highest BCUT2D eigenvalue weighted by Crippen LogP contribution is 2.38. The molecule has 0 aliphatic carbocycles. The van der Waals surface area contributed by atoms with Gasteiger partial charge in [-0.05, 0) is 61.7 Å². The van der Waals surface area contributed by atoms with Crippen molar-refractivity contribution >= 4 is 17.5 Å². The Morgan fingerprint density at radius 3 is 2.65 bits per heavy atom. The molecular weight excluding hydrogens is 412 g/mol. The Morgan fingerprint density at radius 1 is 1.10 bits per heavy atom. The molecule has 1 N–H and O–H groups in total. The number of aryl methyl sites for hydroxylation is 1. The standard InChI is InChI=1S/C24H25ClN4O2/c1-16-5-10-19-21(15-16)31-14-11-20-22(24(30)27-28-12-3-2-4-13-28)26-29(23(19)20)18-8-6-17(25)7-9-18/h5-10,15H,2-4,11-14H2,1H3,(H,27,30). The Hall–Kier alpha value is -2.83. The van der Waals surface area contributed by atoms with Gasteiger partial charge in [0.15, 0.2) is 5.69 Å². The van der Waals surface area contributed by atoms with Crippen LogP contribution >= 0.6 is 11.6 Å². The first-order valence-corrected chi connectivity index (χ1v) is 11.2. The zero-order valence-electron chi connectivity index (χ0n) is 17.5. The molecule has 3 heterocycles. The number of carbonyl (C=O) groups excluding carboxylic acids is 1. The van der Waals surface area contributed by atoms with Gasteiger partial charge in [-0.2, -0.15) is 5.10 Å². The minimum atomic E-state index is -0.165. The van der Waals surface area contributed by atoms with Crippen molar-refractivity contribution in [1.29, 1.82) is 0 Å². The fourth-order valence-electron chi connectivity index (χ4n) is 4.33. The number of fused-ring (bicyclic) bond motifs is 3. The summed E-state index contributed by atoms with van der Waals surface area (Å²) in [6.45, 7) is 4.29. The third kappa shape index (κ3) is 3.93. The molecule has 1 fully saturated rings. The summed E-state index contributed by atoms with van der Waals surface area (Å²) in [6.07, 6.45) is 4.01. The maximum Gasteiger partial charge on any atom is 0.286 e. The molecule has 5 rings (SSSR count). The van der Waals surface area contributed by atoms with E-state index in [1.165, 1.54) is 6.42 Å². The Morgan fingerprint density at radius 2 is 1.87 bits per heavy atom. The number of carbonyl (C=O) groups is 1. The summed E-state index contributed by atoms with van der Waals surface area (Å²) in [4.78, 5) is 13.3. The second kappa shape index (κ2) is 8.36.